The summed E-state index contributed by atoms with van der Waals surface area (Å²) >= 11 is 1.06. The number of carbonyl (C=O) groups is 2. The summed E-state index contributed by atoms with van der Waals surface area (Å²) < 4.78 is 3.71. The van der Waals surface area contributed by atoms with Crippen molar-refractivity contribution in [3.8, 4) is 0 Å². The molecule has 0 saturated heterocycles. The number of hydrogen-bond donors (Lipinski definition) is 1. The van der Waals surface area contributed by atoms with Crippen LogP contribution in [0, 0.1) is 6.92 Å². The quantitative estimate of drug-likeness (QED) is 0.860. The fourth-order valence-electron chi connectivity index (χ4n) is 1.42. The molecule has 0 aliphatic heterocycles. The number of carbonyl (C=O) groups excluding carboxylic acids is 2. The first-order valence-electron chi connectivity index (χ1n) is 5.29. The zero-order chi connectivity index (χ0) is 13.1. The van der Waals surface area contributed by atoms with Crippen LogP contribution in [0.2, 0.25) is 0 Å². The molecule has 1 aromatic heterocycles. The van der Waals surface area contributed by atoms with Crippen molar-refractivity contribution in [1.82, 2.24) is 9.59 Å². The molecular formula is C12H11N3O2S. The largest absolute Gasteiger partial charge is 0.321 e. The summed E-state index contributed by atoms with van der Waals surface area (Å²) in [5, 5.41) is 6.51. The number of ketones is 1. The molecule has 0 aliphatic rings. The Bertz CT molecular complexity index is 590. The van der Waals surface area contributed by atoms with Crippen molar-refractivity contribution in [3.05, 3.63) is 40.4 Å². The fraction of sp³-hybridized carbons (Fsp3) is 0.167. The van der Waals surface area contributed by atoms with E-state index in [1.54, 1.807) is 31.2 Å². The third kappa shape index (κ3) is 2.60. The molecule has 0 atom stereocenters. The molecule has 1 amide bonds. The summed E-state index contributed by atoms with van der Waals surface area (Å²) in [5.41, 5.74) is 1.86. The number of rotatable bonds is 3. The minimum Gasteiger partial charge on any atom is -0.321 e. The zero-order valence-electron chi connectivity index (χ0n) is 9.93. The van der Waals surface area contributed by atoms with Crippen LogP contribution in [0.5, 0.6) is 0 Å². The number of anilines is 1. The maximum Gasteiger partial charge on any atom is 0.269 e. The molecular weight excluding hydrogens is 250 g/mol. The van der Waals surface area contributed by atoms with Gasteiger partial charge in [0.25, 0.3) is 5.91 Å². The van der Waals surface area contributed by atoms with Crippen LogP contribution in [0.1, 0.15) is 32.6 Å². The number of nitrogens with one attached hydrogen (secondary N) is 1. The van der Waals surface area contributed by atoms with E-state index in [0.717, 1.165) is 11.5 Å². The highest BCUT2D eigenvalue weighted by atomic mass is 32.1. The van der Waals surface area contributed by atoms with Crippen LogP contribution in [0.25, 0.3) is 0 Å². The van der Waals surface area contributed by atoms with E-state index in [0.29, 0.717) is 21.8 Å². The van der Waals surface area contributed by atoms with E-state index < -0.39 is 0 Å². The van der Waals surface area contributed by atoms with Gasteiger partial charge in [0.2, 0.25) is 0 Å². The lowest BCUT2D eigenvalue weighted by Gasteiger charge is -2.04. The molecule has 0 saturated carbocycles. The second-order valence-electron chi connectivity index (χ2n) is 3.78. The second kappa shape index (κ2) is 5.05. The Balaban J connectivity index is 2.13. The predicted molar refractivity (Wildman–Crippen MR) is 69.0 cm³/mol. The van der Waals surface area contributed by atoms with Gasteiger partial charge in [0.15, 0.2) is 5.78 Å². The van der Waals surface area contributed by atoms with Crippen LogP contribution in [-0.4, -0.2) is 21.3 Å². The highest BCUT2D eigenvalue weighted by Gasteiger charge is 2.13. The Labute approximate surface area is 108 Å². The van der Waals surface area contributed by atoms with E-state index in [4.69, 9.17) is 0 Å². The third-order valence-electron chi connectivity index (χ3n) is 2.41. The van der Waals surface area contributed by atoms with Crippen LogP contribution < -0.4 is 5.32 Å². The first-order chi connectivity index (χ1) is 8.58. The summed E-state index contributed by atoms with van der Waals surface area (Å²) in [6.45, 7) is 3.23. The van der Waals surface area contributed by atoms with Crippen LogP contribution in [0.15, 0.2) is 24.3 Å². The SMILES string of the molecule is CC(=O)c1ccc(NC(=O)c2snnc2C)cc1. The first-order valence-corrected chi connectivity index (χ1v) is 6.06. The lowest BCUT2D eigenvalue weighted by Crippen LogP contribution is -2.11. The maximum atomic E-state index is 11.9. The minimum absolute atomic E-state index is 0.00428. The topological polar surface area (TPSA) is 72.0 Å². The average molecular weight is 261 g/mol. The summed E-state index contributed by atoms with van der Waals surface area (Å²) in [4.78, 5) is 23.5. The van der Waals surface area contributed by atoms with Gasteiger partial charge in [0.1, 0.15) is 4.88 Å². The molecule has 6 heteroatoms. The van der Waals surface area contributed by atoms with Crippen LogP contribution in [0.4, 0.5) is 5.69 Å². The summed E-state index contributed by atoms with van der Waals surface area (Å²) in [5.74, 6) is -0.242. The van der Waals surface area contributed by atoms with Gasteiger partial charge in [-0.05, 0) is 49.6 Å². The van der Waals surface area contributed by atoms with Crippen LogP contribution in [-0.2, 0) is 0 Å². The molecule has 5 nitrogen and oxygen atoms in total. The van der Waals surface area contributed by atoms with Gasteiger partial charge in [0.05, 0.1) is 5.69 Å². The van der Waals surface area contributed by atoms with Crippen molar-refractivity contribution >= 4 is 28.9 Å². The van der Waals surface area contributed by atoms with Crippen molar-refractivity contribution in [2.45, 2.75) is 13.8 Å². The van der Waals surface area contributed by atoms with E-state index in [9.17, 15) is 9.59 Å². The Kier molecular flexibility index (Phi) is 3.47. The van der Waals surface area contributed by atoms with Crippen LogP contribution >= 0.6 is 11.5 Å². The van der Waals surface area contributed by atoms with Gasteiger partial charge < -0.3 is 5.32 Å². The lowest BCUT2D eigenvalue weighted by atomic mass is 10.1. The number of amides is 1. The van der Waals surface area contributed by atoms with Crippen molar-refractivity contribution in [2.75, 3.05) is 5.32 Å². The standard InChI is InChI=1S/C12H11N3O2S/c1-7-11(18-15-14-7)12(17)13-10-5-3-9(4-6-10)8(2)16/h3-6H,1-2H3,(H,13,17). The predicted octanol–water partition coefficient (Wildman–Crippen LogP) is 2.30. The fourth-order valence-corrected chi connectivity index (χ4v) is 1.97. The Hall–Kier alpha value is -2.08. The van der Waals surface area contributed by atoms with Crippen molar-refractivity contribution in [2.24, 2.45) is 0 Å². The number of aromatic nitrogens is 2. The van der Waals surface area contributed by atoms with E-state index >= 15 is 0 Å². The van der Waals surface area contributed by atoms with Gasteiger partial charge in [-0.1, -0.05) is 4.49 Å². The summed E-state index contributed by atoms with van der Waals surface area (Å²) in [6.07, 6.45) is 0. The Morgan fingerprint density at radius 3 is 2.39 bits per heavy atom. The van der Waals surface area contributed by atoms with Gasteiger partial charge in [-0.2, -0.15) is 0 Å². The van der Waals surface area contributed by atoms with E-state index in [2.05, 4.69) is 14.9 Å². The molecule has 0 bridgehead atoms. The van der Waals surface area contributed by atoms with E-state index in [1.807, 2.05) is 0 Å². The van der Waals surface area contributed by atoms with Gasteiger partial charge in [-0.3, -0.25) is 9.59 Å². The summed E-state index contributed by atoms with van der Waals surface area (Å²) in [7, 11) is 0. The van der Waals surface area contributed by atoms with Gasteiger partial charge >= 0.3 is 0 Å². The van der Waals surface area contributed by atoms with Gasteiger partial charge in [0, 0.05) is 11.3 Å². The zero-order valence-corrected chi connectivity index (χ0v) is 10.7. The number of aryl methyl sites for hydroxylation is 1. The molecule has 0 spiro atoms. The van der Waals surface area contributed by atoms with Crippen LogP contribution in [0.3, 0.4) is 0 Å². The molecule has 0 fully saturated rings. The monoisotopic (exact) mass is 261 g/mol. The van der Waals surface area contributed by atoms with E-state index in [-0.39, 0.29) is 11.7 Å². The Morgan fingerprint density at radius 2 is 1.89 bits per heavy atom. The smallest absolute Gasteiger partial charge is 0.269 e. The molecule has 0 unspecified atom stereocenters. The number of nitrogens with zero attached hydrogens (tertiary/aromatic N) is 2. The van der Waals surface area contributed by atoms with Crippen molar-refractivity contribution < 1.29 is 9.59 Å². The third-order valence-corrected chi connectivity index (χ3v) is 3.23. The molecule has 18 heavy (non-hydrogen) atoms. The molecule has 1 aromatic carbocycles. The number of Topliss-reactive ketones (excluding diaryl/α,β-unsaturated/α-hetero) is 1. The minimum atomic E-state index is -0.238. The summed E-state index contributed by atoms with van der Waals surface area (Å²) in [6, 6.07) is 6.74. The molecule has 1 heterocycles. The lowest BCUT2D eigenvalue weighted by molar-refractivity contribution is 0.101. The Morgan fingerprint density at radius 1 is 1.22 bits per heavy atom. The number of hydrogen-bond acceptors (Lipinski definition) is 5. The van der Waals surface area contributed by atoms with Gasteiger partial charge in [-0.15, -0.1) is 5.10 Å². The molecule has 2 aromatic rings. The molecule has 0 radical (unpaired) electrons. The molecule has 92 valence electrons. The highest BCUT2D eigenvalue weighted by Crippen LogP contribution is 2.14. The maximum absolute atomic E-state index is 11.9. The molecule has 1 N–H and O–H groups in total. The highest BCUT2D eigenvalue weighted by molar-refractivity contribution is 7.08. The van der Waals surface area contributed by atoms with Gasteiger partial charge in [-0.25, -0.2) is 0 Å². The van der Waals surface area contributed by atoms with Crippen molar-refractivity contribution in [1.29, 1.82) is 0 Å². The van der Waals surface area contributed by atoms with E-state index in [1.165, 1.54) is 6.92 Å². The molecule has 0 aliphatic carbocycles. The average Bonchev–Trinajstić information content (AvgIpc) is 2.76. The normalized spacial score (nSPS) is 10.1. The first kappa shape index (κ1) is 12.4. The number of benzene rings is 1. The second-order valence-corrected chi connectivity index (χ2v) is 4.53. The molecule has 2 rings (SSSR count). The van der Waals surface area contributed by atoms with Crippen molar-refractivity contribution in [3.63, 3.8) is 0 Å².